The van der Waals surface area contributed by atoms with Gasteiger partial charge in [-0.2, -0.15) is 0 Å². The molecule has 1 heterocycles. The zero-order valence-electron chi connectivity index (χ0n) is 18.8. The van der Waals surface area contributed by atoms with Crippen LogP contribution in [-0.4, -0.2) is 24.6 Å². The molecule has 4 nitrogen and oxygen atoms in total. The summed E-state index contributed by atoms with van der Waals surface area (Å²) in [6.07, 6.45) is 8.30. The van der Waals surface area contributed by atoms with E-state index in [9.17, 15) is 9.59 Å². The highest BCUT2D eigenvalue weighted by Crippen LogP contribution is 2.51. The second-order valence-electron chi connectivity index (χ2n) is 9.97. The summed E-state index contributed by atoms with van der Waals surface area (Å²) in [6, 6.07) is 0. The van der Waals surface area contributed by atoms with Gasteiger partial charge in [0.25, 0.3) is 0 Å². The summed E-state index contributed by atoms with van der Waals surface area (Å²) in [5, 5.41) is 0. The highest BCUT2D eigenvalue weighted by molar-refractivity contribution is 5.83. The van der Waals surface area contributed by atoms with Crippen LogP contribution in [0.2, 0.25) is 0 Å². The maximum absolute atomic E-state index is 13.4. The number of rotatable bonds is 12. The van der Waals surface area contributed by atoms with Crippen LogP contribution in [0.25, 0.3) is 0 Å². The van der Waals surface area contributed by atoms with Gasteiger partial charge >= 0.3 is 11.9 Å². The fraction of sp³-hybridized carbons (Fsp3) is 0.913. The van der Waals surface area contributed by atoms with Crippen LogP contribution in [0.3, 0.4) is 0 Å². The molecule has 0 aromatic heterocycles. The Labute approximate surface area is 166 Å². The summed E-state index contributed by atoms with van der Waals surface area (Å²) in [7, 11) is 0. The lowest BCUT2D eigenvalue weighted by Crippen LogP contribution is -2.47. The van der Waals surface area contributed by atoms with Crippen molar-refractivity contribution < 1.29 is 19.1 Å². The average Bonchev–Trinajstić information content (AvgIpc) is 2.97. The molecule has 0 bridgehead atoms. The van der Waals surface area contributed by atoms with Crippen molar-refractivity contribution in [3.05, 3.63) is 0 Å². The summed E-state index contributed by atoms with van der Waals surface area (Å²) in [6.45, 7) is 15.7. The number of esters is 2. The van der Waals surface area contributed by atoms with E-state index in [-0.39, 0.29) is 16.8 Å². The molecule has 0 radical (unpaired) electrons. The molecular formula is C23H42O4. The van der Waals surface area contributed by atoms with E-state index in [1.54, 1.807) is 0 Å². The first-order chi connectivity index (χ1) is 12.5. The normalized spacial score (nSPS) is 20.3. The van der Waals surface area contributed by atoms with Crippen LogP contribution >= 0.6 is 0 Å². The van der Waals surface area contributed by atoms with Crippen molar-refractivity contribution >= 4 is 11.9 Å². The second-order valence-corrected chi connectivity index (χ2v) is 9.97. The number of hydrogen-bond acceptors (Lipinski definition) is 4. The van der Waals surface area contributed by atoms with Gasteiger partial charge in [0.1, 0.15) is 0 Å². The maximum Gasteiger partial charge on any atom is 0.347 e. The standard InChI is InChI=1S/C23H42O4/c1-8-10-12-15-22(5,6)23(7,17-21(3,4)14-11-9-2)20(25)27-18-13-16-26-19(18)24/h18H,8-17H2,1-7H3. The monoisotopic (exact) mass is 382 g/mol. The zero-order chi connectivity index (χ0) is 20.7. The van der Waals surface area contributed by atoms with Crippen molar-refractivity contribution in [3.8, 4) is 0 Å². The van der Waals surface area contributed by atoms with Crippen LogP contribution in [0, 0.1) is 16.2 Å². The molecule has 1 saturated heterocycles. The molecule has 0 aromatic rings. The Balaban J connectivity index is 3.05. The van der Waals surface area contributed by atoms with Crippen LogP contribution in [0.1, 0.15) is 106 Å². The van der Waals surface area contributed by atoms with Gasteiger partial charge in [-0.3, -0.25) is 4.79 Å². The first-order valence-electron chi connectivity index (χ1n) is 10.9. The SMILES string of the molecule is CCCCCC(C)(C)C(C)(CC(C)(C)CCCC)C(=O)OC1CCOC1=O. The Bertz CT molecular complexity index is 495. The summed E-state index contributed by atoms with van der Waals surface area (Å²) in [5.74, 6) is -0.642. The van der Waals surface area contributed by atoms with E-state index in [2.05, 4.69) is 48.5 Å². The molecule has 1 rings (SSSR count). The van der Waals surface area contributed by atoms with E-state index >= 15 is 0 Å². The van der Waals surface area contributed by atoms with Gasteiger partial charge in [-0.1, -0.05) is 73.6 Å². The zero-order valence-corrected chi connectivity index (χ0v) is 18.8. The van der Waals surface area contributed by atoms with Crippen molar-refractivity contribution in [2.24, 2.45) is 16.2 Å². The molecule has 158 valence electrons. The predicted molar refractivity (Wildman–Crippen MR) is 109 cm³/mol. The average molecular weight is 383 g/mol. The molecule has 2 atom stereocenters. The van der Waals surface area contributed by atoms with Crippen LogP contribution in [-0.2, 0) is 19.1 Å². The van der Waals surface area contributed by atoms with E-state index < -0.39 is 17.5 Å². The third kappa shape index (κ3) is 6.50. The van der Waals surface area contributed by atoms with Crippen molar-refractivity contribution in [1.82, 2.24) is 0 Å². The van der Waals surface area contributed by atoms with E-state index in [1.807, 2.05) is 0 Å². The van der Waals surface area contributed by atoms with Gasteiger partial charge in [0.2, 0.25) is 6.10 Å². The van der Waals surface area contributed by atoms with Gasteiger partial charge in [0, 0.05) is 6.42 Å². The lowest BCUT2D eigenvalue weighted by atomic mass is 9.58. The topological polar surface area (TPSA) is 52.6 Å². The van der Waals surface area contributed by atoms with Gasteiger partial charge in [0.05, 0.1) is 12.0 Å². The lowest BCUT2D eigenvalue weighted by molar-refractivity contribution is -0.176. The summed E-state index contributed by atoms with van der Waals surface area (Å²) in [4.78, 5) is 25.2. The van der Waals surface area contributed by atoms with E-state index in [4.69, 9.17) is 9.47 Å². The van der Waals surface area contributed by atoms with E-state index in [0.717, 1.165) is 44.9 Å². The fourth-order valence-electron chi connectivity index (χ4n) is 4.23. The van der Waals surface area contributed by atoms with Crippen molar-refractivity contribution in [2.75, 3.05) is 6.61 Å². The summed E-state index contributed by atoms with van der Waals surface area (Å²) in [5.41, 5.74) is -0.798. The molecule has 0 spiro atoms. The molecule has 0 saturated carbocycles. The number of carbonyl (C=O) groups excluding carboxylic acids is 2. The summed E-state index contributed by atoms with van der Waals surface area (Å²) >= 11 is 0. The Kier molecular flexibility index (Phi) is 8.82. The van der Waals surface area contributed by atoms with Gasteiger partial charge in [0.15, 0.2) is 0 Å². The summed E-state index contributed by atoms with van der Waals surface area (Å²) < 4.78 is 10.7. The molecule has 0 aliphatic carbocycles. The molecule has 1 fully saturated rings. The van der Waals surface area contributed by atoms with Gasteiger partial charge in [-0.15, -0.1) is 0 Å². The highest BCUT2D eigenvalue weighted by Gasteiger charge is 2.51. The van der Waals surface area contributed by atoms with Crippen molar-refractivity contribution in [1.29, 1.82) is 0 Å². The van der Waals surface area contributed by atoms with Gasteiger partial charge in [-0.25, -0.2) is 4.79 Å². The first kappa shape index (κ1) is 24.0. The Morgan fingerprint density at radius 1 is 1.04 bits per heavy atom. The predicted octanol–water partition coefficient (Wildman–Crippen LogP) is 6.06. The second kappa shape index (κ2) is 9.93. The van der Waals surface area contributed by atoms with Crippen molar-refractivity contribution in [3.63, 3.8) is 0 Å². The number of unbranched alkanes of at least 4 members (excludes halogenated alkanes) is 3. The minimum absolute atomic E-state index is 0.0436. The number of carbonyl (C=O) groups is 2. The minimum Gasteiger partial charge on any atom is -0.463 e. The Morgan fingerprint density at radius 2 is 1.67 bits per heavy atom. The molecule has 1 aliphatic rings. The molecule has 27 heavy (non-hydrogen) atoms. The van der Waals surface area contributed by atoms with Crippen molar-refractivity contribution in [2.45, 2.75) is 112 Å². The minimum atomic E-state index is -0.734. The Hall–Kier alpha value is -1.06. The van der Waals surface area contributed by atoms with Crippen LogP contribution in [0.4, 0.5) is 0 Å². The molecule has 4 heteroatoms. The van der Waals surface area contributed by atoms with Gasteiger partial charge < -0.3 is 9.47 Å². The Morgan fingerprint density at radius 3 is 2.19 bits per heavy atom. The van der Waals surface area contributed by atoms with E-state index in [0.29, 0.717) is 13.0 Å². The molecule has 0 N–H and O–H groups in total. The lowest BCUT2D eigenvalue weighted by Gasteiger charge is -2.46. The smallest absolute Gasteiger partial charge is 0.347 e. The molecular weight excluding hydrogens is 340 g/mol. The number of cyclic esters (lactones) is 1. The molecule has 0 amide bonds. The van der Waals surface area contributed by atoms with Crippen LogP contribution in [0.5, 0.6) is 0 Å². The maximum atomic E-state index is 13.4. The van der Waals surface area contributed by atoms with Crippen LogP contribution < -0.4 is 0 Å². The number of ether oxygens (including phenoxy) is 2. The molecule has 0 aromatic carbocycles. The number of hydrogen-bond donors (Lipinski definition) is 0. The molecule has 1 aliphatic heterocycles. The fourth-order valence-corrected chi connectivity index (χ4v) is 4.23. The third-order valence-electron chi connectivity index (χ3n) is 6.53. The quantitative estimate of drug-likeness (QED) is 0.304. The van der Waals surface area contributed by atoms with Crippen LogP contribution in [0.15, 0.2) is 0 Å². The molecule has 2 unspecified atom stereocenters. The third-order valence-corrected chi connectivity index (χ3v) is 6.53. The van der Waals surface area contributed by atoms with Gasteiger partial charge in [-0.05, 0) is 37.0 Å². The first-order valence-corrected chi connectivity index (χ1v) is 10.9. The largest absolute Gasteiger partial charge is 0.463 e. The van der Waals surface area contributed by atoms with E-state index in [1.165, 1.54) is 6.42 Å². The highest BCUT2D eigenvalue weighted by atomic mass is 16.6.